The lowest BCUT2D eigenvalue weighted by Gasteiger charge is -2.09. The number of carbonyl (C=O) groups is 1. The Morgan fingerprint density at radius 1 is 1.00 bits per heavy atom. The molecule has 2 aromatic rings. The molecular weight excluding hydrogens is 342 g/mol. The first-order valence-corrected chi connectivity index (χ1v) is 9.50. The maximum atomic E-state index is 11.9. The van der Waals surface area contributed by atoms with Gasteiger partial charge < -0.3 is 15.4 Å². The van der Waals surface area contributed by atoms with E-state index in [0.717, 1.165) is 17.6 Å². The van der Waals surface area contributed by atoms with E-state index in [1.807, 2.05) is 24.3 Å². The van der Waals surface area contributed by atoms with Gasteiger partial charge in [-0.25, -0.2) is 13.2 Å². The van der Waals surface area contributed by atoms with E-state index in [0.29, 0.717) is 24.3 Å². The molecule has 7 nitrogen and oxygen atoms in total. The number of sulfonamides is 1. The Morgan fingerprint density at radius 3 is 2.16 bits per heavy atom. The molecule has 0 saturated carbocycles. The second-order valence-corrected chi connectivity index (χ2v) is 7.18. The van der Waals surface area contributed by atoms with Gasteiger partial charge >= 0.3 is 6.03 Å². The number of methoxy groups -OCH3 is 1. The largest absolute Gasteiger partial charge is 0.497 e. The van der Waals surface area contributed by atoms with Gasteiger partial charge in [0.1, 0.15) is 5.75 Å². The molecule has 2 rings (SSSR count). The summed E-state index contributed by atoms with van der Waals surface area (Å²) in [5.74, 6) is 0.795. The zero-order valence-electron chi connectivity index (χ0n) is 14.1. The lowest BCUT2D eigenvalue weighted by molar-refractivity contribution is 0.252. The van der Waals surface area contributed by atoms with Crippen molar-refractivity contribution in [1.29, 1.82) is 0 Å². The van der Waals surface area contributed by atoms with Gasteiger partial charge in [0, 0.05) is 17.9 Å². The molecule has 0 atom stereocenters. The Bertz CT molecular complexity index is 803. The van der Waals surface area contributed by atoms with Crippen molar-refractivity contribution < 1.29 is 17.9 Å². The number of hydrogen-bond donors (Lipinski definition) is 3. The van der Waals surface area contributed by atoms with Crippen molar-refractivity contribution in [2.45, 2.75) is 6.42 Å². The van der Waals surface area contributed by atoms with Crippen LogP contribution in [0.25, 0.3) is 0 Å². The quantitative estimate of drug-likeness (QED) is 0.704. The van der Waals surface area contributed by atoms with Crippen molar-refractivity contribution >= 4 is 27.4 Å². The fraction of sp³-hybridized carbons (Fsp3) is 0.235. The molecule has 0 aliphatic carbocycles. The number of nitrogens with one attached hydrogen (secondary N) is 3. The molecule has 0 heterocycles. The molecule has 0 spiro atoms. The lowest BCUT2D eigenvalue weighted by atomic mass is 10.1. The van der Waals surface area contributed by atoms with Gasteiger partial charge in [0.15, 0.2) is 0 Å². The molecule has 8 heteroatoms. The maximum Gasteiger partial charge on any atom is 0.319 e. The molecule has 0 fully saturated rings. The predicted octanol–water partition coefficient (Wildman–Crippen LogP) is 2.43. The summed E-state index contributed by atoms with van der Waals surface area (Å²) in [6.07, 6.45) is 1.78. The number of benzene rings is 2. The van der Waals surface area contributed by atoms with Crippen LogP contribution in [0.15, 0.2) is 48.5 Å². The summed E-state index contributed by atoms with van der Waals surface area (Å²) in [5, 5.41) is 5.46. The molecule has 2 amide bonds. The summed E-state index contributed by atoms with van der Waals surface area (Å²) in [7, 11) is -1.70. The van der Waals surface area contributed by atoms with Crippen molar-refractivity contribution in [1.82, 2.24) is 5.32 Å². The molecule has 0 unspecified atom stereocenters. The van der Waals surface area contributed by atoms with Crippen LogP contribution in [-0.4, -0.2) is 34.4 Å². The predicted molar refractivity (Wildman–Crippen MR) is 98.6 cm³/mol. The van der Waals surface area contributed by atoms with Crippen LogP contribution in [0.1, 0.15) is 5.56 Å². The van der Waals surface area contributed by atoms with Crippen molar-refractivity contribution in [3.8, 4) is 5.75 Å². The van der Waals surface area contributed by atoms with Crippen molar-refractivity contribution in [3.05, 3.63) is 54.1 Å². The maximum absolute atomic E-state index is 11.9. The SMILES string of the molecule is COc1ccc(CCNC(=O)Nc2ccc(NS(C)(=O)=O)cc2)cc1. The third-order valence-electron chi connectivity index (χ3n) is 3.30. The first-order chi connectivity index (χ1) is 11.9. The van der Waals surface area contributed by atoms with Gasteiger partial charge in [-0.1, -0.05) is 12.1 Å². The minimum Gasteiger partial charge on any atom is -0.497 e. The molecule has 2 aromatic carbocycles. The van der Waals surface area contributed by atoms with E-state index in [-0.39, 0.29) is 6.03 Å². The summed E-state index contributed by atoms with van der Waals surface area (Å²) in [6.45, 7) is 0.492. The normalized spacial score (nSPS) is 10.8. The minimum absolute atomic E-state index is 0.322. The average Bonchev–Trinajstić information content (AvgIpc) is 2.56. The van der Waals surface area contributed by atoms with Crippen molar-refractivity contribution in [3.63, 3.8) is 0 Å². The topological polar surface area (TPSA) is 96.5 Å². The Labute approximate surface area is 147 Å². The van der Waals surface area contributed by atoms with Gasteiger partial charge in [-0.05, 0) is 48.4 Å². The van der Waals surface area contributed by atoms with Gasteiger partial charge in [0.25, 0.3) is 0 Å². The third kappa shape index (κ3) is 6.72. The van der Waals surface area contributed by atoms with E-state index in [1.54, 1.807) is 31.4 Å². The summed E-state index contributed by atoms with van der Waals surface area (Å²) in [6, 6.07) is 13.7. The van der Waals surface area contributed by atoms with Crippen LogP contribution in [0.4, 0.5) is 16.2 Å². The highest BCUT2D eigenvalue weighted by molar-refractivity contribution is 7.92. The minimum atomic E-state index is -3.31. The van der Waals surface area contributed by atoms with E-state index in [9.17, 15) is 13.2 Å². The van der Waals surface area contributed by atoms with Crippen LogP contribution in [0.3, 0.4) is 0 Å². The van der Waals surface area contributed by atoms with Crippen LogP contribution in [0, 0.1) is 0 Å². The summed E-state index contributed by atoms with van der Waals surface area (Å²) in [5.41, 5.74) is 2.10. The first kappa shape index (κ1) is 18.6. The second kappa shape index (κ2) is 8.39. The number of rotatable bonds is 7. The second-order valence-electron chi connectivity index (χ2n) is 5.43. The van der Waals surface area contributed by atoms with Crippen molar-refractivity contribution in [2.24, 2.45) is 0 Å². The molecule has 0 aliphatic heterocycles. The molecule has 0 aliphatic rings. The first-order valence-electron chi connectivity index (χ1n) is 7.61. The number of hydrogen-bond acceptors (Lipinski definition) is 4. The highest BCUT2D eigenvalue weighted by Gasteiger charge is 2.04. The molecule has 0 radical (unpaired) electrons. The Balaban J connectivity index is 1.77. The molecule has 25 heavy (non-hydrogen) atoms. The molecule has 3 N–H and O–H groups in total. The third-order valence-corrected chi connectivity index (χ3v) is 3.91. The lowest BCUT2D eigenvalue weighted by Crippen LogP contribution is -2.30. The Kier molecular flexibility index (Phi) is 6.24. The van der Waals surface area contributed by atoms with Crippen LogP contribution >= 0.6 is 0 Å². The average molecular weight is 363 g/mol. The van der Waals surface area contributed by atoms with Crippen LogP contribution < -0.4 is 20.1 Å². The number of amides is 2. The number of carbonyl (C=O) groups excluding carboxylic acids is 1. The van der Waals surface area contributed by atoms with E-state index in [4.69, 9.17) is 4.74 Å². The van der Waals surface area contributed by atoms with Gasteiger partial charge in [-0.2, -0.15) is 0 Å². The summed E-state index contributed by atoms with van der Waals surface area (Å²) in [4.78, 5) is 11.9. The van der Waals surface area contributed by atoms with E-state index >= 15 is 0 Å². The number of anilines is 2. The number of ether oxygens (including phenoxy) is 1. The number of urea groups is 1. The van der Waals surface area contributed by atoms with Gasteiger partial charge in [0.2, 0.25) is 10.0 Å². The zero-order chi connectivity index (χ0) is 18.3. The van der Waals surface area contributed by atoms with E-state index in [1.165, 1.54) is 0 Å². The van der Waals surface area contributed by atoms with Crippen molar-refractivity contribution in [2.75, 3.05) is 29.9 Å². The van der Waals surface area contributed by atoms with E-state index < -0.39 is 10.0 Å². The van der Waals surface area contributed by atoms with Gasteiger partial charge in [-0.15, -0.1) is 0 Å². The highest BCUT2D eigenvalue weighted by Crippen LogP contribution is 2.14. The molecular formula is C17H21N3O4S. The molecule has 0 saturated heterocycles. The van der Waals surface area contributed by atoms with Crippen LogP contribution in [-0.2, 0) is 16.4 Å². The van der Waals surface area contributed by atoms with Crippen LogP contribution in [0.5, 0.6) is 5.75 Å². The highest BCUT2D eigenvalue weighted by atomic mass is 32.2. The smallest absolute Gasteiger partial charge is 0.319 e. The fourth-order valence-electron chi connectivity index (χ4n) is 2.12. The standard InChI is InChI=1S/C17H21N3O4S/c1-24-16-9-3-13(4-10-16)11-12-18-17(21)19-14-5-7-15(8-6-14)20-25(2,22)23/h3-10,20H,11-12H2,1-2H3,(H2,18,19,21). The zero-order valence-corrected chi connectivity index (χ0v) is 14.9. The Hall–Kier alpha value is -2.74. The van der Waals surface area contributed by atoms with E-state index in [2.05, 4.69) is 15.4 Å². The fourth-order valence-corrected chi connectivity index (χ4v) is 2.69. The summed E-state index contributed by atoms with van der Waals surface area (Å²) >= 11 is 0. The molecule has 0 bridgehead atoms. The molecule has 0 aromatic heterocycles. The summed E-state index contributed by atoms with van der Waals surface area (Å²) < 4.78 is 29.7. The van der Waals surface area contributed by atoms with Crippen LogP contribution in [0.2, 0.25) is 0 Å². The monoisotopic (exact) mass is 363 g/mol. The Morgan fingerprint density at radius 2 is 1.60 bits per heavy atom. The van der Waals surface area contributed by atoms with Gasteiger partial charge in [-0.3, -0.25) is 4.72 Å². The van der Waals surface area contributed by atoms with Gasteiger partial charge in [0.05, 0.1) is 13.4 Å². The molecule has 134 valence electrons.